The van der Waals surface area contributed by atoms with Gasteiger partial charge < -0.3 is 15.5 Å². The lowest BCUT2D eigenvalue weighted by Gasteiger charge is -2.43. The van der Waals surface area contributed by atoms with Crippen molar-refractivity contribution in [3.8, 4) is 0 Å². The third kappa shape index (κ3) is 7.14. The van der Waals surface area contributed by atoms with E-state index >= 15 is 0 Å². The second kappa shape index (κ2) is 11.1. The highest BCUT2D eigenvalue weighted by molar-refractivity contribution is 6.54. The minimum absolute atomic E-state index is 0.246. The second-order valence-electron chi connectivity index (χ2n) is 8.73. The van der Waals surface area contributed by atoms with Crippen LogP contribution in [0, 0.1) is 11.3 Å². The first kappa shape index (κ1) is 29.6. The molecule has 0 spiro atoms. The number of carbonyl (C=O) groups is 1. The molecule has 0 saturated carbocycles. The van der Waals surface area contributed by atoms with E-state index in [2.05, 4.69) is 30.6 Å². The highest BCUT2D eigenvalue weighted by Crippen LogP contribution is 2.35. The van der Waals surface area contributed by atoms with E-state index in [1.807, 2.05) is 0 Å². The maximum Gasteiger partial charge on any atom is 0.419 e. The fraction of sp³-hybridized carbons (Fsp3) is 0.455. The Kier molecular flexibility index (Phi) is 8.40. The van der Waals surface area contributed by atoms with Crippen LogP contribution in [0.25, 0.3) is 5.57 Å². The smallest absolute Gasteiger partial charge is 0.393 e. The minimum Gasteiger partial charge on any atom is -0.393 e. The second-order valence-corrected chi connectivity index (χ2v) is 8.73. The van der Waals surface area contributed by atoms with Gasteiger partial charge in [0.05, 0.1) is 29.3 Å². The maximum absolute atomic E-state index is 14.5. The monoisotopic (exact) mass is 566 g/mol. The van der Waals surface area contributed by atoms with Crippen molar-refractivity contribution in [2.24, 2.45) is 5.92 Å². The number of nitrogens with zero attached hydrogens (tertiary/aromatic N) is 5. The largest absolute Gasteiger partial charge is 0.419 e. The molecule has 0 aliphatic carbocycles. The molecule has 1 amide bonds. The minimum atomic E-state index is -4.73. The zero-order valence-electron chi connectivity index (χ0n) is 20.3. The van der Waals surface area contributed by atoms with Crippen LogP contribution in [0.3, 0.4) is 0 Å². The van der Waals surface area contributed by atoms with Crippen molar-refractivity contribution in [3.63, 3.8) is 0 Å². The predicted molar refractivity (Wildman–Crippen MR) is 122 cm³/mol. The van der Waals surface area contributed by atoms with Crippen LogP contribution in [-0.2, 0) is 17.1 Å². The number of hydrogen-bond acceptors (Lipinski definition) is 8. The Balaban J connectivity index is 1.85. The predicted octanol–water partition coefficient (Wildman–Crippen LogP) is 3.87. The van der Waals surface area contributed by atoms with Crippen LogP contribution < -0.4 is 10.6 Å². The molecule has 0 bridgehead atoms. The van der Waals surface area contributed by atoms with Crippen LogP contribution in [0.4, 0.5) is 41.1 Å². The summed E-state index contributed by atoms with van der Waals surface area (Å²) in [6, 6.07) is -0.979. The fourth-order valence-corrected chi connectivity index (χ4v) is 3.91. The number of nitrogens with one attached hydrogen (secondary N) is 3. The van der Waals surface area contributed by atoms with Gasteiger partial charge in [0.2, 0.25) is 5.95 Å². The van der Waals surface area contributed by atoms with Gasteiger partial charge >= 0.3 is 12.4 Å². The zero-order valence-corrected chi connectivity index (χ0v) is 20.3. The molecule has 0 radical (unpaired) electrons. The lowest BCUT2D eigenvalue weighted by molar-refractivity contribution is -0.145. The topological polar surface area (TPSA) is 120 Å². The lowest BCUT2D eigenvalue weighted by atomic mass is 9.87. The molecule has 3 N–H and O–H groups in total. The molecule has 3 rings (SSSR count). The Morgan fingerprint density at radius 2 is 1.56 bits per heavy atom. The van der Waals surface area contributed by atoms with Crippen molar-refractivity contribution in [2.45, 2.75) is 37.7 Å². The van der Waals surface area contributed by atoms with Gasteiger partial charge in [-0.3, -0.25) is 10.2 Å². The van der Waals surface area contributed by atoms with E-state index in [1.165, 1.54) is 14.0 Å². The third-order valence-corrected chi connectivity index (χ3v) is 5.78. The highest BCUT2D eigenvalue weighted by Gasteiger charge is 2.47. The quantitative estimate of drug-likeness (QED) is 0.344. The lowest BCUT2D eigenvalue weighted by Crippen LogP contribution is -2.59. The number of amides is 1. The number of piperidine rings is 1. The zero-order chi connectivity index (χ0) is 29.2. The highest BCUT2D eigenvalue weighted by atomic mass is 19.4. The maximum atomic E-state index is 14.5. The van der Waals surface area contributed by atoms with Crippen molar-refractivity contribution in [3.05, 3.63) is 47.9 Å². The number of rotatable bonds is 7. The van der Waals surface area contributed by atoms with Crippen LogP contribution in [0.1, 0.15) is 30.3 Å². The Hall–Kier alpha value is -3.92. The molecule has 39 heavy (non-hydrogen) atoms. The van der Waals surface area contributed by atoms with Gasteiger partial charge in [-0.1, -0.05) is 6.92 Å². The summed E-state index contributed by atoms with van der Waals surface area (Å²) in [6.07, 6.45) is -6.98. The van der Waals surface area contributed by atoms with Gasteiger partial charge in [-0.05, 0) is 5.92 Å². The molecule has 1 fully saturated rings. The molecule has 17 heteroatoms. The van der Waals surface area contributed by atoms with Crippen molar-refractivity contribution in [1.82, 2.24) is 30.2 Å². The van der Waals surface area contributed by atoms with Gasteiger partial charge in [0.1, 0.15) is 5.71 Å². The SMILES string of the molecule is CN/C=C(\C(=N)C(=O)N1CC(F)(F)C[C@@H](C)C1CNc1ncc(C(F)(F)F)cn1)c1ncc(C(F)(F)F)cn1. The molecular weight excluding hydrogens is 544 g/mol. The van der Waals surface area contributed by atoms with E-state index < -0.39 is 71.8 Å². The Bertz CT molecular complexity index is 1210. The molecule has 9 nitrogen and oxygen atoms in total. The summed E-state index contributed by atoms with van der Waals surface area (Å²) < 4.78 is 106. The Labute approximate surface area is 216 Å². The van der Waals surface area contributed by atoms with E-state index in [0.29, 0.717) is 24.8 Å². The normalized spacial score (nSPS) is 19.9. The van der Waals surface area contributed by atoms with E-state index in [4.69, 9.17) is 5.41 Å². The van der Waals surface area contributed by atoms with Gasteiger partial charge in [0, 0.05) is 51.0 Å². The van der Waals surface area contributed by atoms with Gasteiger partial charge in [-0.2, -0.15) is 26.3 Å². The Morgan fingerprint density at radius 1 is 1.05 bits per heavy atom. The van der Waals surface area contributed by atoms with Gasteiger partial charge in [-0.15, -0.1) is 0 Å². The third-order valence-electron chi connectivity index (χ3n) is 5.78. The molecule has 1 saturated heterocycles. The number of hydrogen-bond donors (Lipinski definition) is 3. The van der Waals surface area contributed by atoms with Crippen molar-refractivity contribution in [2.75, 3.05) is 25.5 Å². The van der Waals surface area contributed by atoms with Gasteiger partial charge in [0.25, 0.3) is 11.8 Å². The van der Waals surface area contributed by atoms with Gasteiger partial charge in [-0.25, -0.2) is 28.7 Å². The van der Waals surface area contributed by atoms with Crippen LogP contribution in [-0.4, -0.2) is 68.6 Å². The molecule has 212 valence electrons. The molecule has 1 aliphatic heterocycles. The standard InChI is InChI=1S/C22H22F8N8O/c1-11-3-20(23,24)10-38(15(11)9-37-19-35-6-13(7-36-19)22(28,29)30)18(39)16(31)14(8-32-2)17-33-4-12(5-34-17)21(25,26)27/h4-8,11,15,31-32H,3,9-10H2,1-2H3,(H,35,36,37)/b14-8+,31-16?/t11-,15?/m1/s1. The number of halogens is 8. The average molecular weight is 566 g/mol. The van der Waals surface area contributed by atoms with E-state index in [0.717, 1.165) is 11.1 Å². The molecule has 1 unspecified atom stereocenters. The van der Waals surface area contributed by atoms with Gasteiger partial charge in [0.15, 0.2) is 5.82 Å². The van der Waals surface area contributed by atoms with Crippen LogP contribution >= 0.6 is 0 Å². The number of aromatic nitrogens is 4. The summed E-state index contributed by atoms with van der Waals surface area (Å²) in [5.74, 6) is -6.03. The molecule has 1 aliphatic rings. The molecule has 2 atom stereocenters. The number of likely N-dealkylation sites (tertiary alicyclic amines) is 1. The molecule has 3 heterocycles. The fourth-order valence-electron chi connectivity index (χ4n) is 3.91. The first-order valence-corrected chi connectivity index (χ1v) is 11.2. The van der Waals surface area contributed by atoms with Crippen molar-refractivity contribution >= 4 is 23.1 Å². The average Bonchev–Trinajstić information content (AvgIpc) is 2.84. The first-order chi connectivity index (χ1) is 18.0. The summed E-state index contributed by atoms with van der Waals surface area (Å²) in [7, 11) is 1.37. The molecule has 0 aromatic carbocycles. The molecular formula is C22H22F8N8O. The summed E-state index contributed by atoms with van der Waals surface area (Å²) in [5, 5.41) is 13.5. The van der Waals surface area contributed by atoms with Crippen LogP contribution in [0.15, 0.2) is 31.0 Å². The van der Waals surface area contributed by atoms with Crippen LogP contribution in [0.5, 0.6) is 0 Å². The van der Waals surface area contributed by atoms with E-state index in [1.54, 1.807) is 0 Å². The Morgan fingerprint density at radius 3 is 2.05 bits per heavy atom. The summed E-state index contributed by atoms with van der Waals surface area (Å²) in [5.41, 5.74) is -3.49. The first-order valence-electron chi connectivity index (χ1n) is 11.2. The van der Waals surface area contributed by atoms with E-state index in [9.17, 15) is 39.9 Å². The van der Waals surface area contributed by atoms with E-state index in [-0.39, 0.29) is 18.1 Å². The van der Waals surface area contributed by atoms with Crippen molar-refractivity contribution in [1.29, 1.82) is 5.41 Å². The summed E-state index contributed by atoms with van der Waals surface area (Å²) in [4.78, 5) is 28.3. The summed E-state index contributed by atoms with van der Waals surface area (Å²) >= 11 is 0. The number of carbonyl (C=O) groups excluding carboxylic acids is 1. The molecule has 2 aromatic heterocycles. The van der Waals surface area contributed by atoms with Crippen molar-refractivity contribution < 1.29 is 39.9 Å². The number of alkyl halides is 8. The van der Waals surface area contributed by atoms with Crippen LogP contribution in [0.2, 0.25) is 0 Å². The summed E-state index contributed by atoms with van der Waals surface area (Å²) in [6.45, 7) is 0.100. The molecule has 2 aromatic rings. The number of anilines is 1.